The summed E-state index contributed by atoms with van der Waals surface area (Å²) in [6.07, 6.45) is 5.82. The molecular formula is C22H26N2O2S. The van der Waals surface area contributed by atoms with Crippen LogP contribution in [-0.4, -0.2) is 22.2 Å². The van der Waals surface area contributed by atoms with E-state index in [-0.39, 0.29) is 11.4 Å². The minimum atomic E-state index is -0.554. The average molecular weight is 383 g/mol. The Hall–Kier alpha value is -1.85. The molecular weight excluding hydrogens is 356 g/mol. The summed E-state index contributed by atoms with van der Waals surface area (Å²) in [4.78, 5) is 14.3. The Bertz CT molecular complexity index is 834. The minimum Gasteiger partial charge on any atom is -0.390 e. The molecule has 1 aromatic heterocycles. The molecule has 0 spiro atoms. The quantitative estimate of drug-likeness (QED) is 0.727. The van der Waals surface area contributed by atoms with E-state index in [4.69, 9.17) is 0 Å². The van der Waals surface area contributed by atoms with E-state index in [9.17, 15) is 9.90 Å². The van der Waals surface area contributed by atoms with Crippen molar-refractivity contribution in [3.63, 3.8) is 0 Å². The first-order chi connectivity index (χ1) is 13.0. The molecule has 3 N–H and O–H groups in total. The van der Waals surface area contributed by atoms with Gasteiger partial charge in [0.1, 0.15) is 0 Å². The molecule has 27 heavy (non-hydrogen) atoms. The van der Waals surface area contributed by atoms with Crippen molar-refractivity contribution >= 4 is 22.9 Å². The molecule has 2 atom stereocenters. The topological polar surface area (TPSA) is 61.4 Å². The van der Waals surface area contributed by atoms with Crippen LogP contribution in [0.3, 0.4) is 0 Å². The predicted octanol–water partition coefficient (Wildman–Crippen LogP) is 4.17. The largest absolute Gasteiger partial charge is 0.390 e. The van der Waals surface area contributed by atoms with Gasteiger partial charge in [-0.05, 0) is 80.0 Å². The van der Waals surface area contributed by atoms with E-state index in [1.807, 2.05) is 30.3 Å². The van der Waals surface area contributed by atoms with Crippen LogP contribution in [0, 0.1) is 11.8 Å². The van der Waals surface area contributed by atoms with Gasteiger partial charge in [0.05, 0.1) is 5.60 Å². The molecule has 4 nitrogen and oxygen atoms in total. The van der Waals surface area contributed by atoms with Crippen molar-refractivity contribution in [3.05, 3.63) is 52.2 Å². The normalized spacial score (nSPS) is 33.8. The lowest BCUT2D eigenvalue weighted by Crippen LogP contribution is -2.65. The van der Waals surface area contributed by atoms with Crippen LogP contribution >= 0.6 is 11.3 Å². The highest BCUT2D eigenvalue weighted by Gasteiger charge is 2.57. The Kier molecular flexibility index (Phi) is 4.06. The zero-order valence-electron chi connectivity index (χ0n) is 15.4. The highest BCUT2D eigenvalue weighted by Crippen LogP contribution is 2.57. The first kappa shape index (κ1) is 17.3. The molecule has 0 unspecified atom stereocenters. The van der Waals surface area contributed by atoms with E-state index >= 15 is 0 Å². The van der Waals surface area contributed by atoms with Gasteiger partial charge < -0.3 is 15.7 Å². The predicted molar refractivity (Wildman–Crippen MR) is 108 cm³/mol. The third-order valence-electron chi connectivity index (χ3n) is 6.58. The van der Waals surface area contributed by atoms with Gasteiger partial charge in [-0.15, -0.1) is 11.3 Å². The molecule has 142 valence electrons. The van der Waals surface area contributed by atoms with Gasteiger partial charge in [-0.3, -0.25) is 4.79 Å². The summed E-state index contributed by atoms with van der Waals surface area (Å²) in [6.45, 7) is 0.767. The lowest BCUT2D eigenvalue weighted by molar-refractivity contribution is -0.139. The maximum Gasteiger partial charge on any atom is 0.251 e. The highest BCUT2D eigenvalue weighted by molar-refractivity contribution is 7.09. The second-order valence-corrected chi connectivity index (χ2v) is 9.97. The molecule has 4 aliphatic carbocycles. The van der Waals surface area contributed by atoms with Crippen molar-refractivity contribution in [2.24, 2.45) is 11.8 Å². The molecule has 4 saturated carbocycles. The van der Waals surface area contributed by atoms with Crippen LogP contribution in [0.15, 0.2) is 41.8 Å². The molecule has 5 heteroatoms. The fraction of sp³-hybridized carbons (Fsp3) is 0.500. The number of carbonyl (C=O) groups is 1. The zero-order chi connectivity index (χ0) is 18.5. The fourth-order valence-electron chi connectivity index (χ4n) is 6.05. The third kappa shape index (κ3) is 3.39. The summed E-state index contributed by atoms with van der Waals surface area (Å²) >= 11 is 1.72. The van der Waals surface area contributed by atoms with E-state index in [0.717, 1.165) is 44.3 Å². The molecule has 1 aromatic carbocycles. The molecule has 4 fully saturated rings. The molecule has 0 radical (unpaired) electrons. The Morgan fingerprint density at radius 3 is 2.67 bits per heavy atom. The summed E-state index contributed by atoms with van der Waals surface area (Å²) in [7, 11) is 0. The number of nitrogens with one attached hydrogen (secondary N) is 2. The highest BCUT2D eigenvalue weighted by atomic mass is 32.1. The van der Waals surface area contributed by atoms with Crippen LogP contribution in [0.5, 0.6) is 0 Å². The van der Waals surface area contributed by atoms with Gasteiger partial charge in [-0.1, -0.05) is 12.1 Å². The van der Waals surface area contributed by atoms with Crippen molar-refractivity contribution in [2.75, 3.05) is 5.32 Å². The number of amides is 1. The van der Waals surface area contributed by atoms with Crippen LogP contribution in [0.2, 0.25) is 0 Å². The number of aliphatic hydroxyl groups is 1. The summed E-state index contributed by atoms with van der Waals surface area (Å²) in [5, 5.41) is 19.7. The lowest BCUT2D eigenvalue weighted by Gasteiger charge is -2.60. The standard InChI is InChI=1S/C22H26N2O2S/c25-20(17-3-1-4-18(8-17)23-13-19-5-2-6-27-19)24-21-9-15-7-16(10-21)12-22(26,11-15)14-21/h1-6,8,15-16,23,26H,7,9-14H2,(H,24,25)/t15-,16-,21?,22?/m1/s1. The number of hydrogen-bond donors (Lipinski definition) is 3. The summed E-state index contributed by atoms with van der Waals surface area (Å²) in [5.41, 5.74) is 0.881. The number of benzene rings is 1. The van der Waals surface area contributed by atoms with Gasteiger partial charge in [-0.25, -0.2) is 0 Å². The second kappa shape index (κ2) is 6.35. The number of thiophene rings is 1. The van der Waals surface area contributed by atoms with Crippen molar-refractivity contribution in [1.29, 1.82) is 0 Å². The van der Waals surface area contributed by atoms with Gasteiger partial charge in [-0.2, -0.15) is 0 Å². The van der Waals surface area contributed by atoms with Crippen LogP contribution in [0.4, 0.5) is 5.69 Å². The molecule has 1 heterocycles. The average Bonchev–Trinajstić information content (AvgIpc) is 3.11. The maximum absolute atomic E-state index is 13.0. The first-order valence-corrected chi connectivity index (χ1v) is 10.8. The molecule has 1 amide bonds. The molecule has 6 rings (SSSR count). The maximum atomic E-state index is 13.0. The fourth-order valence-corrected chi connectivity index (χ4v) is 6.69. The van der Waals surface area contributed by atoms with Gasteiger partial charge >= 0.3 is 0 Å². The van der Waals surface area contributed by atoms with Crippen molar-refractivity contribution in [3.8, 4) is 0 Å². The van der Waals surface area contributed by atoms with Crippen molar-refractivity contribution in [1.82, 2.24) is 5.32 Å². The minimum absolute atomic E-state index is 0.0136. The molecule has 4 bridgehead atoms. The van der Waals surface area contributed by atoms with Crippen LogP contribution in [0.25, 0.3) is 0 Å². The van der Waals surface area contributed by atoms with Crippen LogP contribution in [-0.2, 0) is 6.54 Å². The van der Waals surface area contributed by atoms with E-state index < -0.39 is 5.60 Å². The van der Waals surface area contributed by atoms with E-state index in [2.05, 4.69) is 22.1 Å². The Morgan fingerprint density at radius 1 is 1.15 bits per heavy atom. The second-order valence-electron chi connectivity index (χ2n) is 8.93. The van der Waals surface area contributed by atoms with E-state index in [1.165, 1.54) is 11.3 Å². The van der Waals surface area contributed by atoms with E-state index in [1.54, 1.807) is 11.3 Å². The summed E-state index contributed by atoms with van der Waals surface area (Å²) in [6, 6.07) is 11.9. The number of anilines is 1. The smallest absolute Gasteiger partial charge is 0.251 e. The molecule has 0 aliphatic heterocycles. The molecule has 4 aliphatic rings. The summed E-state index contributed by atoms with van der Waals surface area (Å²) < 4.78 is 0. The lowest BCUT2D eigenvalue weighted by atomic mass is 9.51. The van der Waals surface area contributed by atoms with Crippen molar-refractivity contribution < 1.29 is 9.90 Å². The van der Waals surface area contributed by atoms with Gasteiger partial charge in [0.15, 0.2) is 0 Å². The number of rotatable bonds is 5. The molecule has 2 aromatic rings. The number of hydrogen-bond acceptors (Lipinski definition) is 4. The van der Waals surface area contributed by atoms with Gasteiger partial charge in [0.25, 0.3) is 5.91 Å². The molecule has 0 saturated heterocycles. The number of carbonyl (C=O) groups excluding carboxylic acids is 1. The van der Waals surface area contributed by atoms with Crippen molar-refractivity contribution in [2.45, 2.75) is 56.2 Å². The van der Waals surface area contributed by atoms with Crippen LogP contribution in [0.1, 0.15) is 53.8 Å². The van der Waals surface area contributed by atoms with Gasteiger partial charge in [0.2, 0.25) is 0 Å². The Morgan fingerprint density at radius 2 is 1.96 bits per heavy atom. The SMILES string of the molecule is O=C(NC12C[C@H]3C[C@@H](CC(O)(C3)C1)C2)c1cccc(NCc2cccs2)c1. The third-order valence-corrected chi connectivity index (χ3v) is 7.46. The van der Waals surface area contributed by atoms with Crippen LogP contribution < -0.4 is 10.6 Å². The Balaban J connectivity index is 1.29. The summed E-state index contributed by atoms with van der Waals surface area (Å²) in [5.74, 6) is 1.12. The first-order valence-electron chi connectivity index (χ1n) is 9.92. The van der Waals surface area contributed by atoms with E-state index in [0.29, 0.717) is 17.4 Å². The zero-order valence-corrected chi connectivity index (χ0v) is 16.2. The van der Waals surface area contributed by atoms with Gasteiger partial charge in [0, 0.05) is 28.2 Å². The Labute approximate surface area is 164 Å². The monoisotopic (exact) mass is 382 g/mol.